The number of hydrogen-bond donors (Lipinski definition) is 2. The third-order valence-corrected chi connectivity index (χ3v) is 3.91. The summed E-state index contributed by atoms with van der Waals surface area (Å²) in [5, 5.41) is 19.5. The van der Waals surface area contributed by atoms with Crippen LogP contribution in [0.25, 0.3) is 0 Å². The van der Waals surface area contributed by atoms with Crippen LogP contribution in [0.4, 0.5) is 5.69 Å². The summed E-state index contributed by atoms with van der Waals surface area (Å²) in [7, 11) is 0. The van der Waals surface area contributed by atoms with E-state index >= 15 is 0 Å². The van der Waals surface area contributed by atoms with Gasteiger partial charge in [0.05, 0.1) is 0 Å². The van der Waals surface area contributed by atoms with Crippen molar-refractivity contribution in [3.63, 3.8) is 0 Å². The van der Waals surface area contributed by atoms with Gasteiger partial charge in [-0.1, -0.05) is 12.5 Å². The lowest BCUT2D eigenvalue weighted by Crippen LogP contribution is -2.48. The van der Waals surface area contributed by atoms with E-state index in [2.05, 4.69) is 15.5 Å². The van der Waals surface area contributed by atoms with Crippen LogP contribution in [-0.2, 0) is 9.59 Å². The Morgan fingerprint density at radius 2 is 2.04 bits per heavy atom. The number of carboxylic acids is 1. The highest BCUT2D eigenvalue weighted by molar-refractivity contribution is 6.09. The first-order valence-electron chi connectivity index (χ1n) is 7.21. The van der Waals surface area contributed by atoms with E-state index in [1.807, 2.05) is 0 Å². The van der Waals surface area contributed by atoms with Crippen molar-refractivity contribution in [1.82, 2.24) is 10.2 Å². The molecule has 0 spiro atoms. The zero-order chi connectivity index (χ0) is 16.3. The number of carbonyl (C=O) groups is 2. The predicted molar refractivity (Wildman–Crippen MR) is 81.1 cm³/mol. The van der Waals surface area contributed by atoms with Gasteiger partial charge < -0.3 is 15.2 Å². The summed E-state index contributed by atoms with van der Waals surface area (Å²) < 4.78 is 5.53. The van der Waals surface area contributed by atoms with Crippen LogP contribution in [0.15, 0.2) is 42.6 Å². The van der Waals surface area contributed by atoms with Crippen molar-refractivity contribution >= 4 is 17.6 Å². The van der Waals surface area contributed by atoms with Crippen molar-refractivity contribution in [2.24, 2.45) is 5.41 Å². The molecule has 0 bridgehead atoms. The van der Waals surface area contributed by atoms with Gasteiger partial charge in [0.1, 0.15) is 11.2 Å². The Morgan fingerprint density at radius 3 is 2.65 bits per heavy atom. The fraction of sp³-hybridized carbons (Fsp3) is 0.250. The molecule has 1 aromatic heterocycles. The molecule has 118 valence electrons. The van der Waals surface area contributed by atoms with Crippen LogP contribution in [0.2, 0.25) is 0 Å². The molecule has 23 heavy (non-hydrogen) atoms. The second kappa shape index (κ2) is 6.04. The van der Waals surface area contributed by atoms with Gasteiger partial charge in [0.25, 0.3) is 0 Å². The van der Waals surface area contributed by atoms with Crippen molar-refractivity contribution in [1.29, 1.82) is 0 Å². The van der Waals surface area contributed by atoms with Crippen LogP contribution in [0, 0.1) is 5.41 Å². The van der Waals surface area contributed by atoms with Crippen LogP contribution in [0.3, 0.4) is 0 Å². The van der Waals surface area contributed by atoms with Crippen molar-refractivity contribution in [3.05, 3.63) is 42.6 Å². The molecule has 1 aromatic carbocycles. The van der Waals surface area contributed by atoms with Gasteiger partial charge in [-0.3, -0.25) is 9.59 Å². The number of aliphatic carboxylic acids is 1. The van der Waals surface area contributed by atoms with Gasteiger partial charge in [-0.25, -0.2) is 0 Å². The Hall–Kier alpha value is -2.96. The first-order valence-corrected chi connectivity index (χ1v) is 7.21. The monoisotopic (exact) mass is 313 g/mol. The molecule has 1 heterocycles. The molecule has 1 aliphatic carbocycles. The number of carboxylic acid groups (broad SMARTS) is 1. The molecular weight excluding hydrogens is 298 g/mol. The van der Waals surface area contributed by atoms with E-state index in [1.165, 1.54) is 6.20 Å². The Bertz CT molecular complexity index is 729. The van der Waals surface area contributed by atoms with E-state index in [0.29, 0.717) is 30.2 Å². The summed E-state index contributed by atoms with van der Waals surface area (Å²) in [5.41, 5.74) is -0.828. The zero-order valence-corrected chi connectivity index (χ0v) is 12.2. The zero-order valence-electron chi connectivity index (χ0n) is 12.2. The van der Waals surface area contributed by atoms with Crippen LogP contribution in [-0.4, -0.2) is 27.2 Å². The van der Waals surface area contributed by atoms with Crippen molar-refractivity contribution < 1.29 is 19.4 Å². The average Bonchev–Trinajstić information content (AvgIpc) is 2.47. The Morgan fingerprint density at radius 1 is 1.22 bits per heavy atom. The summed E-state index contributed by atoms with van der Waals surface area (Å²) in [5.74, 6) is -0.764. The SMILES string of the molecule is O=C(O)C1(C(=O)Nc2cccc(Oc3cccnn3)c2)CCC1. The molecule has 3 rings (SSSR count). The number of nitrogens with one attached hydrogen (secondary N) is 1. The largest absolute Gasteiger partial charge is 0.480 e. The van der Waals surface area contributed by atoms with E-state index in [-0.39, 0.29) is 0 Å². The fourth-order valence-corrected chi connectivity index (χ4v) is 2.42. The van der Waals surface area contributed by atoms with Crippen LogP contribution in [0.5, 0.6) is 11.6 Å². The topological polar surface area (TPSA) is 101 Å². The predicted octanol–water partition coefficient (Wildman–Crippen LogP) is 2.46. The van der Waals surface area contributed by atoms with Gasteiger partial charge >= 0.3 is 5.97 Å². The van der Waals surface area contributed by atoms with Gasteiger partial charge in [0.2, 0.25) is 11.8 Å². The van der Waals surface area contributed by atoms with E-state index in [1.54, 1.807) is 36.4 Å². The molecule has 1 fully saturated rings. The number of amides is 1. The standard InChI is InChI=1S/C16H15N3O4/c20-14(16(15(21)22)7-3-8-16)18-11-4-1-5-12(10-11)23-13-6-2-9-17-19-13/h1-2,4-6,9-10H,3,7-8H2,(H,18,20)(H,21,22). The van der Waals surface area contributed by atoms with Gasteiger partial charge in [-0.15, -0.1) is 5.10 Å². The highest BCUT2D eigenvalue weighted by atomic mass is 16.5. The maximum atomic E-state index is 12.3. The number of nitrogens with zero attached hydrogens (tertiary/aromatic N) is 2. The summed E-state index contributed by atoms with van der Waals surface area (Å²) in [6.07, 6.45) is 3.01. The molecule has 0 atom stereocenters. The quantitative estimate of drug-likeness (QED) is 0.822. The second-order valence-electron chi connectivity index (χ2n) is 5.39. The number of carbonyl (C=O) groups excluding carboxylic acids is 1. The van der Waals surface area contributed by atoms with Gasteiger partial charge in [-0.05, 0) is 31.0 Å². The molecule has 0 aliphatic heterocycles. The van der Waals surface area contributed by atoms with Crippen molar-refractivity contribution in [2.45, 2.75) is 19.3 Å². The summed E-state index contributed by atoms with van der Waals surface area (Å²) in [6.45, 7) is 0. The maximum Gasteiger partial charge on any atom is 0.319 e. The number of benzene rings is 1. The molecule has 2 N–H and O–H groups in total. The van der Waals surface area contributed by atoms with E-state index in [9.17, 15) is 14.7 Å². The average molecular weight is 313 g/mol. The molecule has 1 saturated carbocycles. The van der Waals surface area contributed by atoms with Gasteiger partial charge in [0, 0.05) is 24.0 Å². The number of hydrogen-bond acceptors (Lipinski definition) is 5. The van der Waals surface area contributed by atoms with Crippen molar-refractivity contribution in [3.8, 4) is 11.6 Å². The Balaban J connectivity index is 1.73. The highest BCUT2D eigenvalue weighted by Gasteiger charge is 2.51. The van der Waals surface area contributed by atoms with Crippen LogP contribution >= 0.6 is 0 Å². The number of rotatable bonds is 5. The third-order valence-electron chi connectivity index (χ3n) is 3.91. The van der Waals surface area contributed by atoms with E-state index in [0.717, 1.165) is 6.42 Å². The molecule has 0 unspecified atom stereocenters. The van der Waals surface area contributed by atoms with Gasteiger partial charge in [0.15, 0.2) is 0 Å². The summed E-state index contributed by atoms with van der Waals surface area (Å²) >= 11 is 0. The molecule has 7 heteroatoms. The summed E-state index contributed by atoms with van der Waals surface area (Å²) in [6, 6.07) is 10.1. The lowest BCUT2D eigenvalue weighted by atomic mass is 9.68. The minimum atomic E-state index is -1.30. The minimum absolute atomic E-state index is 0.331. The Kier molecular flexibility index (Phi) is 3.92. The molecule has 1 aliphatic rings. The second-order valence-corrected chi connectivity index (χ2v) is 5.39. The first kappa shape index (κ1) is 15.0. The first-order chi connectivity index (χ1) is 11.1. The van der Waals surface area contributed by atoms with Crippen LogP contribution in [0.1, 0.15) is 19.3 Å². The molecule has 7 nitrogen and oxygen atoms in total. The number of anilines is 1. The normalized spacial score (nSPS) is 15.3. The number of ether oxygens (including phenoxy) is 1. The number of aromatic nitrogens is 2. The summed E-state index contributed by atoms with van der Waals surface area (Å²) in [4.78, 5) is 23.6. The maximum absolute atomic E-state index is 12.3. The lowest BCUT2D eigenvalue weighted by Gasteiger charge is -2.35. The molecule has 1 amide bonds. The molecule has 0 radical (unpaired) electrons. The smallest absolute Gasteiger partial charge is 0.319 e. The minimum Gasteiger partial charge on any atom is -0.480 e. The molecular formula is C16H15N3O4. The lowest BCUT2D eigenvalue weighted by molar-refractivity contribution is -0.159. The Labute approximate surface area is 132 Å². The van der Waals surface area contributed by atoms with Crippen molar-refractivity contribution in [2.75, 3.05) is 5.32 Å². The van der Waals surface area contributed by atoms with E-state index < -0.39 is 17.3 Å². The van der Waals surface area contributed by atoms with Gasteiger partial charge in [-0.2, -0.15) is 5.10 Å². The highest BCUT2D eigenvalue weighted by Crippen LogP contribution is 2.42. The van der Waals surface area contributed by atoms with Crippen LogP contribution < -0.4 is 10.1 Å². The fourth-order valence-electron chi connectivity index (χ4n) is 2.42. The van der Waals surface area contributed by atoms with E-state index in [4.69, 9.17) is 4.74 Å². The molecule has 0 saturated heterocycles. The third kappa shape index (κ3) is 2.98. The molecule has 2 aromatic rings.